The lowest BCUT2D eigenvalue weighted by Gasteiger charge is -2.03. The maximum Gasteiger partial charge on any atom is 0.369 e. The molecule has 0 amide bonds. The molecule has 0 aromatic carbocycles. The Labute approximate surface area is 137 Å². The molecule has 0 spiro atoms. The van der Waals surface area contributed by atoms with Crippen molar-refractivity contribution < 1.29 is 6.11 Å². The number of thiazole rings is 1. The maximum atomic E-state index is 12.0. The van der Waals surface area contributed by atoms with Gasteiger partial charge in [-0.2, -0.15) is 9.78 Å². The monoisotopic (exact) mass is 421 g/mol. The molecule has 0 aliphatic heterocycles. The van der Waals surface area contributed by atoms with Crippen LogP contribution in [0.15, 0.2) is 16.3 Å². The molecule has 21 heavy (non-hydrogen) atoms. The molecule has 0 saturated carbocycles. The molecule has 3 heterocycles. The fraction of sp³-hybridized carbons (Fsp3) is 0.300. The van der Waals surface area contributed by atoms with Crippen molar-refractivity contribution in [3.63, 3.8) is 0 Å². The van der Waals surface area contributed by atoms with Gasteiger partial charge in [-0.3, -0.25) is 4.68 Å². The Bertz CT molecular complexity index is 882. The van der Waals surface area contributed by atoms with Gasteiger partial charge in [-0.1, -0.05) is 11.3 Å². The summed E-state index contributed by atoms with van der Waals surface area (Å²) in [5.74, 6) is 0.368. The summed E-state index contributed by atoms with van der Waals surface area (Å²) in [6, 6.07) is 0. The Kier molecular flexibility index (Phi) is 3.42. The highest BCUT2D eigenvalue weighted by atomic mass is 127. The maximum absolute atomic E-state index is 12.0. The zero-order chi connectivity index (χ0) is 15.9. The molecule has 0 radical (unpaired) electrons. The second kappa shape index (κ2) is 5.55. The van der Waals surface area contributed by atoms with Crippen LogP contribution in [0.3, 0.4) is 0 Å². The first-order chi connectivity index (χ1) is 10.5. The van der Waals surface area contributed by atoms with Gasteiger partial charge < -0.3 is 4.74 Å². The molecular formula is C10H10IN7O2S. The quantitative estimate of drug-likeness (QED) is 0.565. The van der Waals surface area contributed by atoms with Crippen LogP contribution in [0.1, 0.15) is 6.93 Å². The highest BCUT2D eigenvalue weighted by Crippen LogP contribution is 2.22. The predicted molar refractivity (Wildman–Crippen MR) is 82.5 cm³/mol. The molecule has 0 aliphatic rings. The molecule has 0 N–H and O–H groups in total. The average Bonchev–Trinajstić information content (AvgIpc) is 3.11. The van der Waals surface area contributed by atoms with Crippen molar-refractivity contribution in [1.82, 2.24) is 34.6 Å². The first-order valence-electron chi connectivity index (χ1n) is 6.23. The van der Waals surface area contributed by atoms with E-state index in [1.54, 1.807) is 17.1 Å². The molecule has 0 aliphatic carbocycles. The van der Waals surface area contributed by atoms with Crippen LogP contribution in [0.2, 0.25) is 0 Å². The second-order valence-corrected chi connectivity index (χ2v) is 5.89. The van der Waals surface area contributed by atoms with Crippen molar-refractivity contribution in [1.29, 1.82) is 0 Å². The number of tetrazole rings is 1. The number of ether oxygens (including phenoxy) is 1. The number of aryl methyl sites for hydroxylation is 2. The summed E-state index contributed by atoms with van der Waals surface area (Å²) in [4.78, 5) is 15.9. The van der Waals surface area contributed by atoms with Crippen LogP contribution in [0.5, 0.6) is 5.19 Å². The van der Waals surface area contributed by atoms with Crippen molar-refractivity contribution in [3.05, 3.63) is 31.3 Å². The summed E-state index contributed by atoms with van der Waals surface area (Å²) >= 11 is 3.35. The van der Waals surface area contributed by atoms with Crippen LogP contribution in [0.25, 0.3) is 5.82 Å². The molecule has 0 saturated heterocycles. The van der Waals surface area contributed by atoms with E-state index < -0.39 is 5.69 Å². The van der Waals surface area contributed by atoms with Crippen molar-refractivity contribution in [2.45, 2.75) is 6.61 Å². The molecule has 11 heteroatoms. The van der Waals surface area contributed by atoms with Crippen LogP contribution in [0.4, 0.5) is 0 Å². The summed E-state index contributed by atoms with van der Waals surface area (Å²) in [5.41, 5.74) is 0.311. The summed E-state index contributed by atoms with van der Waals surface area (Å²) in [6.45, 7) is 0.164. The van der Waals surface area contributed by atoms with Crippen molar-refractivity contribution in [2.75, 3.05) is 0 Å². The molecule has 0 unspecified atom stereocenters. The minimum absolute atomic E-state index is 0.159. The Morgan fingerprint density at radius 1 is 1.43 bits per heavy atom. The molecule has 3 aromatic heterocycles. The normalized spacial score (nSPS) is 11.7. The van der Waals surface area contributed by atoms with Gasteiger partial charge >= 0.3 is 5.69 Å². The largest absolute Gasteiger partial charge is 0.465 e. The number of nitrogens with zero attached hydrogens (tertiary/aromatic N) is 7. The van der Waals surface area contributed by atoms with E-state index in [1.807, 2.05) is 0 Å². The Hall–Kier alpha value is -1.76. The van der Waals surface area contributed by atoms with Gasteiger partial charge in [-0.15, -0.1) is 4.68 Å². The fourth-order valence-corrected chi connectivity index (χ4v) is 2.60. The number of rotatable bonds is 4. The van der Waals surface area contributed by atoms with Gasteiger partial charge in [0.25, 0.3) is 5.19 Å². The molecular weight excluding hydrogens is 409 g/mol. The summed E-state index contributed by atoms with van der Waals surface area (Å²) in [7, 11) is 3.28. The number of hydrogen-bond acceptors (Lipinski definition) is 7. The van der Waals surface area contributed by atoms with Gasteiger partial charge in [0.05, 0.1) is 6.93 Å². The topological polar surface area (TPSA) is 92.6 Å². The lowest BCUT2D eigenvalue weighted by molar-refractivity contribution is 0.303. The predicted octanol–water partition coefficient (Wildman–Crippen LogP) is 0.340. The summed E-state index contributed by atoms with van der Waals surface area (Å²) < 4.78 is 17.7. The van der Waals surface area contributed by atoms with Gasteiger partial charge in [0, 0.05) is 25.6 Å². The van der Waals surface area contributed by atoms with Gasteiger partial charge in [0.2, 0.25) is 0 Å². The van der Waals surface area contributed by atoms with E-state index in [-0.39, 0.29) is 12.8 Å². The van der Waals surface area contributed by atoms with Crippen LogP contribution >= 0.6 is 33.9 Å². The van der Waals surface area contributed by atoms with E-state index in [4.69, 9.17) is 6.11 Å². The van der Waals surface area contributed by atoms with E-state index in [9.17, 15) is 4.79 Å². The fourth-order valence-electron chi connectivity index (χ4n) is 1.66. The highest BCUT2D eigenvalue weighted by molar-refractivity contribution is 14.1. The number of halogens is 1. The molecule has 0 bridgehead atoms. The number of aromatic nitrogens is 7. The molecule has 0 fully saturated rings. The third-order valence-electron chi connectivity index (χ3n) is 2.68. The lowest BCUT2D eigenvalue weighted by Crippen LogP contribution is -2.23. The van der Waals surface area contributed by atoms with Crippen molar-refractivity contribution in [2.24, 2.45) is 14.1 Å². The molecule has 110 valence electrons. The zero-order valence-corrected chi connectivity index (χ0v) is 14.0. The minimum atomic E-state index is -0.390. The van der Waals surface area contributed by atoms with Crippen LogP contribution in [-0.2, 0) is 20.7 Å². The zero-order valence-electron chi connectivity index (χ0n) is 12.0. The Morgan fingerprint density at radius 2 is 2.24 bits per heavy atom. The Balaban J connectivity index is 1.96. The van der Waals surface area contributed by atoms with Crippen LogP contribution in [0, 0.1) is 3.70 Å². The third kappa shape index (κ3) is 2.57. The smallest absolute Gasteiger partial charge is 0.369 e. The van der Waals surface area contributed by atoms with E-state index in [0.717, 1.165) is 13.1 Å². The van der Waals surface area contributed by atoms with Crippen LogP contribution < -0.4 is 10.4 Å². The second-order valence-electron chi connectivity index (χ2n) is 4.04. The van der Waals surface area contributed by atoms with E-state index in [2.05, 4.69) is 43.1 Å². The first kappa shape index (κ1) is 12.9. The SMILES string of the molecule is [3H]c1csc(OCc2c(-n3nnn(C)c3=O)nn(C)c2I)n1. The van der Waals surface area contributed by atoms with E-state index >= 15 is 0 Å². The third-order valence-corrected chi connectivity index (χ3v) is 4.66. The Morgan fingerprint density at radius 3 is 2.86 bits per heavy atom. The molecule has 0 atom stereocenters. The van der Waals surface area contributed by atoms with Crippen molar-refractivity contribution >= 4 is 33.9 Å². The minimum Gasteiger partial charge on any atom is -0.465 e. The molecule has 3 aromatic rings. The average molecular weight is 421 g/mol. The standard InChI is InChI=1S/C10H10IN7O2S/c1-16-7(11)6(5-20-9-12-3-4-21-9)8(13-16)18-10(19)17(2)14-15-18/h3-4H,5H2,1-2H3/i3T. The highest BCUT2D eigenvalue weighted by Gasteiger charge is 2.20. The first-order valence-corrected chi connectivity index (χ1v) is 7.69. The number of hydrogen-bond donors (Lipinski definition) is 0. The van der Waals surface area contributed by atoms with Gasteiger partial charge in [0.1, 0.15) is 10.3 Å². The van der Waals surface area contributed by atoms with Crippen molar-refractivity contribution in [3.8, 4) is 11.0 Å². The summed E-state index contributed by atoms with van der Waals surface area (Å²) in [6.07, 6.45) is 0.159. The molecule has 9 nitrogen and oxygen atoms in total. The lowest BCUT2D eigenvalue weighted by atomic mass is 10.3. The van der Waals surface area contributed by atoms with Gasteiger partial charge in [-0.05, 0) is 33.0 Å². The van der Waals surface area contributed by atoms with Gasteiger partial charge in [-0.25, -0.2) is 9.78 Å². The molecule has 3 rings (SSSR count). The van der Waals surface area contributed by atoms with E-state index in [1.165, 1.54) is 18.4 Å². The summed E-state index contributed by atoms with van der Waals surface area (Å²) in [5, 5.41) is 13.7. The van der Waals surface area contributed by atoms with E-state index in [0.29, 0.717) is 16.6 Å². The van der Waals surface area contributed by atoms with Crippen LogP contribution in [-0.4, -0.2) is 34.6 Å². The van der Waals surface area contributed by atoms with Gasteiger partial charge in [0.15, 0.2) is 5.82 Å².